The highest BCUT2D eigenvalue weighted by atomic mass is 35.5. The highest BCUT2D eigenvalue weighted by Gasteiger charge is 2.19. The maximum Gasteiger partial charge on any atom is 0.245 e. The number of carbonyl (C=O) groups excluding carboxylic acids is 3. The minimum Gasteiger partial charge on any atom is -0.356 e. The number of ketones is 1. The van der Waals surface area contributed by atoms with Crippen LogP contribution < -0.4 is 20.9 Å². The fourth-order valence-electron chi connectivity index (χ4n) is 9.43. The number of aromatic amines is 1. The van der Waals surface area contributed by atoms with E-state index >= 15 is 0 Å². The van der Waals surface area contributed by atoms with E-state index in [-0.39, 0.29) is 36.6 Å². The molecule has 89 heavy (non-hydrogen) atoms. The number of hydrogen-bond acceptors (Lipinski definition) is 18. The summed E-state index contributed by atoms with van der Waals surface area (Å²) in [5.74, 6) is 1.28. The maximum absolute atomic E-state index is 12.6. The highest BCUT2D eigenvalue weighted by Crippen LogP contribution is 2.28. The van der Waals surface area contributed by atoms with Crippen LogP contribution >= 0.6 is 34.8 Å². The lowest BCUT2D eigenvalue weighted by atomic mass is 10.1. The fraction of sp³-hybridized carbons (Fsp3) is 0.206. The first-order chi connectivity index (χ1) is 43.7. The number of carbonyl (C=O) groups is 3. The second-order valence-corrected chi connectivity index (χ2v) is 21.0. The molecule has 12 aromatic heterocycles. The maximum atomic E-state index is 12.6. The number of fused-ring (bicyclic) bond motifs is 3. The van der Waals surface area contributed by atoms with Gasteiger partial charge in [0, 0.05) is 127 Å². The largest absolute Gasteiger partial charge is 0.356 e. The second kappa shape index (κ2) is 31.5. The van der Waals surface area contributed by atoms with Crippen molar-refractivity contribution in [3.05, 3.63) is 194 Å². The summed E-state index contributed by atoms with van der Waals surface area (Å²) in [5, 5.41) is 13.0. The smallest absolute Gasteiger partial charge is 0.245 e. The number of halogens is 3. The number of amides is 2. The number of aromatic nitrogens is 16. The minimum atomic E-state index is -0.205. The first-order valence-corrected chi connectivity index (χ1v) is 29.7. The Morgan fingerprint density at radius 2 is 1.01 bits per heavy atom. The molecule has 0 spiro atoms. The molecule has 2 aliphatic heterocycles. The topological polar surface area (TPSA) is 284 Å². The second-order valence-electron chi connectivity index (χ2n) is 20.0. The zero-order chi connectivity index (χ0) is 61.6. The number of pyridine rings is 5. The van der Waals surface area contributed by atoms with Crippen molar-refractivity contribution in [1.29, 1.82) is 0 Å². The van der Waals surface area contributed by atoms with Gasteiger partial charge >= 0.3 is 0 Å². The molecule has 14 rings (SSSR count). The van der Waals surface area contributed by atoms with Gasteiger partial charge in [0.05, 0.1) is 57.0 Å². The van der Waals surface area contributed by atoms with Crippen LogP contribution in [0.5, 0.6) is 0 Å². The van der Waals surface area contributed by atoms with Crippen molar-refractivity contribution < 1.29 is 14.4 Å². The van der Waals surface area contributed by atoms with Crippen LogP contribution in [0.1, 0.15) is 49.0 Å². The van der Waals surface area contributed by atoms with E-state index in [1.165, 1.54) is 51.6 Å². The summed E-state index contributed by atoms with van der Waals surface area (Å²) in [4.78, 5) is 95.9. The monoisotopic (exact) mass is 1250 g/mol. The summed E-state index contributed by atoms with van der Waals surface area (Å²) < 4.78 is 3.58. The van der Waals surface area contributed by atoms with E-state index in [1.54, 1.807) is 140 Å². The van der Waals surface area contributed by atoms with E-state index in [2.05, 4.69) is 90.6 Å². The molecular formula is C63H59Cl3N20O3. The molecule has 26 heteroatoms. The van der Waals surface area contributed by atoms with Gasteiger partial charge in [-0.05, 0) is 112 Å². The summed E-state index contributed by atoms with van der Waals surface area (Å²) in [6.45, 7) is 4.78. The molecule has 0 aromatic carbocycles. The number of H-pyrrole nitrogens is 1. The molecule has 2 aliphatic rings. The Kier molecular flexibility index (Phi) is 22.0. The van der Waals surface area contributed by atoms with E-state index in [9.17, 15) is 14.4 Å². The van der Waals surface area contributed by atoms with Crippen LogP contribution in [0.3, 0.4) is 0 Å². The molecule has 2 fully saturated rings. The Hall–Kier alpha value is -10.1. The van der Waals surface area contributed by atoms with Crippen LogP contribution in [0.2, 0.25) is 10.0 Å². The molecule has 0 atom stereocenters. The predicted octanol–water partition coefficient (Wildman–Crippen LogP) is 11.0. The number of rotatable bonds is 12. The third kappa shape index (κ3) is 17.1. The number of nitrogens with one attached hydrogen (secondary N) is 4. The van der Waals surface area contributed by atoms with Gasteiger partial charge in [0.25, 0.3) is 0 Å². The normalized spacial score (nSPS) is 12.6. The quantitative estimate of drug-likeness (QED) is 0.0653. The van der Waals surface area contributed by atoms with Crippen LogP contribution in [-0.4, -0.2) is 129 Å². The lowest BCUT2D eigenvalue weighted by Gasteiger charge is -2.28. The van der Waals surface area contributed by atoms with Crippen molar-refractivity contribution in [1.82, 2.24) is 84.2 Å². The molecule has 2 saturated heterocycles. The SMILES string of the molecule is C1CCNCC1.Clc1ccnc2[nH]ccc12.O=C(CCl)c1ccc(-c2cnccn2)cn1.O=C(Cn1ccc2c(Cl)ccnc21)Nc1ccc(-c2cnccn2)cn1.O=C(Cn1ccc2c(N3CCCCC3)ncnc21)Nc1ccc(-c2cnccn2)cn1. The van der Waals surface area contributed by atoms with E-state index in [0.717, 1.165) is 85.2 Å². The van der Waals surface area contributed by atoms with Crippen molar-refractivity contribution in [2.45, 2.75) is 51.6 Å². The van der Waals surface area contributed by atoms with Gasteiger partial charge in [0.1, 0.15) is 59.5 Å². The molecule has 0 saturated carbocycles. The van der Waals surface area contributed by atoms with Crippen LogP contribution in [0.4, 0.5) is 17.5 Å². The van der Waals surface area contributed by atoms with E-state index in [4.69, 9.17) is 34.8 Å². The van der Waals surface area contributed by atoms with Crippen molar-refractivity contribution in [3.8, 4) is 33.8 Å². The number of hydrogen-bond donors (Lipinski definition) is 4. The Labute approximate surface area is 525 Å². The third-order valence-electron chi connectivity index (χ3n) is 13.9. The molecule has 12 aromatic rings. The van der Waals surface area contributed by atoms with Gasteiger partial charge < -0.3 is 35.0 Å². The standard InChI is InChI=1S/C22H22N8O.C18H13ClN6O.C11H8ClN3O.C7H5ClN2.C5H11N/c31-20(28-19-5-4-16(12-25-19)18-13-23-7-8-24-18)14-30-11-6-17-21(26-15-27-22(17)30)29-9-2-1-3-10-29;19-14-3-5-22-18-13(14)4-8-25(18)11-17(26)24-16-2-1-12(9-23-16)15-10-20-6-7-21-15;12-5-11(16)9-2-1-8(6-15-9)10-7-13-3-4-14-10;8-6-2-4-10-7-5(6)1-3-9-7;1-2-4-6-5-3-1/h4-8,11-13,15H,1-3,9-10,14H2,(H,25,28,31);1-10H,11H2,(H,23,24,26);1-4,6-7H,5H2;1-4H,(H,9,10);6H,1-5H2. The van der Waals surface area contributed by atoms with Crippen LogP contribution in [-0.2, 0) is 22.7 Å². The van der Waals surface area contributed by atoms with Gasteiger partial charge in [-0.3, -0.25) is 49.3 Å². The molecule has 450 valence electrons. The Morgan fingerprint density at radius 3 is 1.49 bits per heavy atom. The van der Waals surface area contributed by atoms with Crippen LogP contribution in [0.15, 0.2) is 178 Å². The molecule has 23 nitrogen and oxygen atoms in total. The summed E-state index contributed by atoms with van der Waals surface area (Å²) in [5.41, 5.74) is 7.29. The molecular weight excluding hydrogens is 1190 g/mol. The Bertz CT molecular complexity index is 4200. The zero-order valence-electron chi connectivity index (χ0n) is 47.9. The molecule has 0 bridgehead atoms. The minimum absolute atomic E-state index is 0.0580. The van der Waals surface area contributed by atoms with Gasteiger partial charge in [-0.2, -0.15) is 0 Å². The average Bonchev–Trinajstić information content (AvgIpc) is 3.10. The first-order valence-electron chi connectivity index (χ1n) is 28.5. The molecule has 0 radical (unpaired) electrons. The number of nitrogens with zero attached hydrogens (tertiary/aromatic N) is 16. The fourth-order valence-corrected chi connectivity index (χ4v) is 9.98. The summed E-state index contributed by atoms with van der Waals surface area (Å²) in [6.07, 6.45) is 37.8. The van der Waals surface area contributed by atoms with Crippen molar-refractivity contribution >= 4 is 103 Å². The van der Waals surface area contributed by atoms with Crippen molar-refractivity contribution in [2.75, 3.05) is 47.6 Å². The highest BCUT2D eigenvalue weighted by molar-refractivity contribution is 6.35. The van der Waals surface area contributed by atoms with Gasteiger partial charge in [-0.1, -0.05) is 29.6 Å². The molecule has 0 unspecified atom stereocenters. The molecule has 4 N–H and O–H groups in total. The lowest BCUT2D eigenvalue weighted by Crippen LogP contribution is -2.30. The molecule has 14 heterocycles. The molecule has 0 aliphatic carbocycles. The van der Waals surface area contributed by atoms with Crippen molar-refractivity contribution in [3.63, 3.8) is 0 Å². The van der Waals surface area contributed by atoms with Gasteiger partial charge in [-0.25, -0.2) is 29.9 Å². The number of Topliss-reactive ketones (excluding diaryl/α,β-unsaturated/α-hetero) is 1. The number of anilines is 3. The van der Waals surface area contributed by atoms with Gasteiger partial charge in [-0.15, -0.1) is 11.6 Å². The lowest BCUT2D eigenvalue weighted by molar-refractivity contribution is -0.117. The summed E-state index contributed by atoms with van der Waals surface area (Å²) in [6, 6.07) is 19.8. The predicted molar refractivity (Wildman–Crippen MR) is 344 cm³/mol. The van der Waals surface area contributed by atoms with E-state index in [1.807, 2.05) is 47.3 Å². The number of alkyl halides is 1. The van der Waals surface area contributed by atoms with Crippen LogP contribution in [0, 0.1) is 0 Å². The summed E-state index contributed by atoms with van der Waals surface area (Å²) in [7, 11) is 0. The van der Waals surface area contributed by atoms with Crippen LogP contribution in [0.25, 0.3) is 66.9 Å². The molecule has 2 amide bonds. The van der Waals surface area contributed by atoms with E-state index in [0.29, 0.717) is 28.0 Å². The van der Waals surface area contributed by atoms with Gasteiger partial charge in [0.15, 0.2) is 5.78 Å². The Balaban J connectivity index is 0.000000134. The average molecular weight is 1250 g/mol. The first kappa shape index (κ1) is 62.0. The zero-order valence-corrected chi connectivity index (χ0v) is 50.2. The third-order valence-corrected chi connectivity index (χ3v) is 14.8. The van der Waals surface area contributed by atoms with Gasteiger partial charge in [0.2, 0.25) is 11.8 Å². The van der Waals surface area contributed by atoms with Crippen molar-refractivity contribution in [2.24, 2.45) is 0 Å². The Morgan fingerprint density at radius 1 is 0.483 bits per heavy atom. The number of piperidine rings is 2. The van der Waals surface area contributed by atoms with E-state index < -0.39 is 0 Å². The summed E-state index contributed by atoms with van der Waals surface area (Å²) >= 11 is 17.4.